The molecule has 1 aromatic heterocycles. The van der Waals surface area contributed by atoms with E-state index in [1.807, 2.05) is 45.2 Å². The van der Waals surface area contributed by atoms with E-state index in [4.69, 9.17) is 10.5 Å². The molecule has 3 amide bonds. The van der Waals surface area contributed by atoms with Gasteiger partial charge in [0.15, 0.2) is 0 Å². The number of rotatable bonds is 10. The summed E-state index contributed by atoms with van der Waals surface area (Å²) in [5.41, 5.74) is 9.76. The molecule has 0 fully saturated rings. The van der Waals surface area contributed by atoms with Crippen molar-refractivity contribution in [3.05, 3.63) is 114 Å². The summed E-state index contributed by atoms with van der Waals surface area (Å²) in [7, 11) is 1.99. The number of para-hydroxylation sites is 2. The van der Waals surface area contributed by atoms with Crippen LogP contribution in [0.2, 0.25) is 0 Å². The Bertz CT molecular complexity index is 1710. The first kappa shape index (κ1) is 33.1. The molecular weight excluding hydrogens is 596 g/mol. The monoisotopic (exact) mass is 636 g/mol. The fourth-order valence-corrected chi connectivity index (χ4v) is 5.48. The Morgan fingerprint density at radius 1 is 1.02 bits per heavy atom. The van der Waals surface area contributed by atoms with Crippen molar-refractivity contribution in [3.8, 4) is 5.75 Å². The molecule has 0 saturated carbocycles. The van der Waals surface area contributed by atoms with Crippen LogP contribution in [0.15, 0.2) is 91.3 Å². The van der Waals surface area contributed by atoms with Gasteiger partial charge in [-0.3, -0.25) is 24.3 Å². The van der Waals surface area contributed by atoms with Crippen LogP contribution in [0.5, 0.6) is 5.75 Å². The number of carbonyl (C=O) groups is 3. The number of nitrogens with zero attached hydrogens (tertiary/aromatic N) is 3. The fraction of sp³-hybridized carbons (Fsp3) is 0.278. The lowest BCUT2D eigenvalue weighted by molar-refractivity contribution is 0.0341. The summed E-state index contributed by atoms with van der Waals surface area (Å²) >= 11 is 0. The molecular formula is C36H40N6O5. The molecule has 11 nitrogen and oxygen atoms in total. The van der Waals surface area contributed by atoms with Gasteiger partial charge < -0.3 is 31.1 Å². The number of ether oxygens (including phenoxy) is 1. The Balaban J connectivity index is 1.30. The largest absolute Gasteiger partial charge is 0.488 e. The molecule has 3 aromatic carbocycles. The first-order valence-corrected chi connectivity index (χ1v) is 15.5. The van der Waals surface area contributed by atoms with Gasteiger partial charge in [-0.1, -0.05) is 31.2 Å². The lowest BCUT2D eigenvalue weighted by atomic mass is 9.99. The number of nitrogens with two attached hydrogens (primary N) is 1. The highest BCUT2D eigenvalue weighted by Gasteiger charge is 2.33. The molecule has 0 spiro atoms. The average Bonchev–Trinajstić information content (AvgIpc) is 3.08. The van der Waals surface area contributed by atoms with Gasteiger partial charge in [0.05, 0.1) is 29.6 Å². The number of hydrogen-bond acceptors (Lipinski definition) is 8. The number of nitrogens with one attached hydrogen (secondary N) is 2. The SMILES string of the molecule is C[C@H]1CN([C@@H](C)CO)C(=O)c2cc(NC(=O)c3ccncc3)ccc2O[C@H]1CN(C)Cc1ccc(C(=O)Nc2ccccc2N)cc1. The minimum absolute atomic E-state index is 0.0638. The van der Waals surface area contributed by atoms with Crippen LogP contribution in [0.3, 0.4) is 0 Å². The molecule has 11 heteroatoms. The van der Waals surface area contributed by atoms with Gasteiger partial charge >= 0.3 is 0 Å². The van der Waals surface area contributed by atoms with Gasteiger partial charge in [0.2, 0.25) is 0 Å². The number of carbonyl (C=O) groups excluding carboxylic acids is 3. The van der Waals surface area contributed by atoms with Crippen molar-refractivity contribution >= 4 is 34.8 Å². The number of amides is 3. The fourth-order valence-electron chi connectivity index (χ4n) is 5.48. The molecule has 0 radical (unpaired) electrons. The average molecular weight is 637 g/mol. The molecule has 0 saturated heterocycles. The first-order valence-electron chi connectivity index (χ1n) is 15.5. The summed E-state index contributed by atoms with van der Waals surface area (Å²) in [6.07, 6.45) is 2.78. The maximum absolute atomic E-state index is 13.8. The molecule has 47 heavy (non-hydrogen) atoms. The standard InChI is InChI=1S/C36H40N6O5/c1-23-19-42(24(2)22-43)36(46)29-18-28(39-34(44)27-14-16-38-17-15-27)12-13-32(29)47-33(23)21-41(3)20-25-8-10-26(11-9-25)35(45)40-31-7-5-4-6-30(31)37/h4-18,23-24,33,43H,19-22,37H2,1-3H3,(H,39,44)(H,40,45)/t23-,24-,33-/m0/s1. The third-order valence-corrected chi connectivity index (χ3v) is 8.23. The van der Waals surface area contributed by atoms with Crippen molar-refractivity contribution < 1.29 is 24.2 Å². The molecule has 5 rings (SSSR count). The van der Waals surface area contributed by atoms with E-state index in [9.17, 15) is 19.5 Å². The Morgan fingerprint density at radius 2 is 1.70 bits per heavy atom. The van der Waals surface area contributed by atoms with Gasteiger partial charge in [0.25, 0.3) is 17.7 Å². The van der Waals surface area contributed by atoms with E-state index in [2.05, 4.69) is 20.5 Å². The molecule has 4 aromatic rings. The van der Waals surface area contributed by atoms with Gasteiger partial charge in [-0.2, -0.15) is 0 Å². The lowest BCUT2D eigenvalue weighted by Gasteiger charge is -2.38. The zero-order valence-corrected chi connectivity index (χ0v) is 26.7. The molecule has 5 N–H and O–H groups in total. The van der Waals surface area contributed by atoms with E-state index in [0.717, 1.165) is 5.56 Å². The van der Waals surface area contributed by atoms with E-state index in [-0.39, 0.29) is 36.4 Å². The van der Waals surface area contributed by atoms with Gasteiger partial charge in [-0.15, -0.1) is 0 Å². The number of nitrogen functional groups attached to an aromatic ring is 1. The molecule has 3 atom stereocenters. The predicted molar refractivity (Wildman–Crippen MR) is 181 cm³/mol. The lowest BCUT2D eigenvalue weighted by Crippen LogP contribution is -2.49. The van der Waals surface area contributed by atoms with Gasteiger partial charge in [-0.05, 0) is 74.1 Å². The van der Waals surface area contributed by atoms with Crippen molar-refractivity contribution in [1.82, 2.24) is 14.8 Å². The molecule has 0 aliphatic carbocycles. The van der Waals surface area contributed by atoms with Crippen LogP contribution < -0.4 is 21.1 Å². The summed E-state index contributed by atoms with van der Waals surface area (Å²) in [4.78, 5) is 47.1. The second kappa shape index (κ2) is 14.9. The second-order valence-corrected chi connectivity index (χ2v) is 12.0. The molecule has 0 bridgehead atoms. The number of anilines is 3. The maximum atomic E-state index is 13.8. The van der Waals surface area contributed by atoms with E-state index in [0.29, 0.717) is 59.1 Å². The second-order valence-electron chi connectivity index (χ2n) is 12.0. The molecule has 244 valence electrons. The van der Waals surface area contributed by atoms with Crippen molar-refractivity contribution in [2.75, 3.05) is 43.1 Å². The van der Waals surface area contributed by atoms with Crippen LogP contribution in [-0.2, 0) is 6.54 Å². The summed E-state index contributed by atoms with van der Waals surface area (Å²) < 4.78 is 6.52. The third-order valence-electron chi connectivity index (χ3n) is 8.23. The number of likely N-dealkylation sites (N-methyl/N-ethyl adjacent to an activating group) is 1. The molecule has 1 aliphatic heterocycles. The summed E-state index contributed by atoms with van der Waals surface area (Å²) in [6, 6.07) is 22.4. The molecule has 2 heterocycles. The summed E-state index contributed by atoms with van der Waals surface area (Å²) in [6.45, 7) is 5.17. The highest BCUT2D eigenvalue weighted by Crippen LogP contribution is 2.31. The Kier molecular flexibility index (Phi) is 10.5. The number of benzene rings is 3. The van der Waals surface area contributed by atoms with Crippen LogP contribution in [0.1, 0.15) is 50.5 Å². The highest BCUT2D eigenvalue weighted by atomic mass is 16.5. The van der Waals surface area contributed by atoms with Crippen molar-refractivity contribution in [3.63, 3.8) is 0 Å². The van der Waals surface area contributed by atoms with Crippen LogP contribution in [-0.4, -0.2) is 76.5 Å². The predicted octanol–water partition coefficient (Wildman–Crippen LogP) is 4.52. The van der Waals surface area contributed by atoms with E-state index < -0.39 is 6.04 Å². The maximum Gasteiger partial charge on any atom is 0.258 e. The van der Waals surface area contributed by atoms with Crippen LogP contribution in [0, 0.1) is 5.92 Å². The molecule has 0 unspecified atom stereocenters. The van der Waals surface area contributed by atoms with E-state index in [1.165, 1.54) is 12.4 Å². The van der Waals surface area contributed by atoms with Gasteiger partial charge in [0.1, 0.15) is 11.9 Å². The quantitative estimate of drug-likeness (QED) is 0.186. The summed E-state index contributed by atoms with van der Waals surface area (Å²) in [5.74, 6) is -0.499. The Hall–Kier alpha value is -5.26. The normalized spacial score (nSPS) is 16.8. The molecule has 1 aliphatic rings. The van der Waals surface area contributed by atoms with E-state index in [1.54, 1.807) is 59.5 Å². The van der Waals surface area contributed by atoms with Crippen molar-refractivity contribution in [2.24, 2.45) is 5.92 Å². The van der Waals surface area contributed by atoms with E-state index >= 15 is 0 Å². The first-order chi connectivity index (χ1) is 22.6. The van der Waals surface area contributed by atoms with Gasteiger partial charge in [0, 0.05) is 54.8 Å². The van der Waals surface area contributed by atoms with Crippen LogP contribution in [0.4, 0.5) is 17.1 Å². The Labute approximate surface area is 274 Å². The van der Waals surface area contributed by atoms with Crippen molar-refractivity contribution in [2.45, 2.75) is 32.5 Å². The zero-order chi connectivity index (χ0) is 33.5. The van der Waals surface area contributed by atoms with Crippen LogP contribution >= 0.6 is 0 Å². The number of aliphatic hydroxyl groups is 1. The smallest absolute Gasteiger partial charge is 0.258 e. The number of hydrogen-bond donors (Lipinski definition) is 4. The zero-order valence-electron chi connectivity index (χ0n) is 26.7. The van der Waals surface area contributed by atoms with Gasteiger partial charge in [-0.25, -0.2) is 0 Å². The minimum atomic E-state index is -0.418. The van der Waals surface area contributed by atoms with Crippen LogP contribution in [0.25, 0.3) is 0 Å². The number of fused-ring (bicyclic) bond motifs is 1. The Morgan fingerprint density at radius 3 is 2.40 bits per heavy atom. The third kappa shape index (κ3) is 8.13. The van der Waals surface area contributed by atoms with Crippen molar-refractivity contribution in [1.29, 1.82) is 0 Å². The highest BCUT2D eigenvalue weighted by molar-refractivity contribution is 6.06. The number of aromatic nitrogens is 1. The number of aliphatic hydroxyl groups excluding tert-OH is 1. The minimum Gasteiger partial charge on any atom is -0.488 e. The summed E-state index contributed by atoms with van der Waals surface area (Å²) in [5, 5.41) is 15.7. The number of pyridine rings is 1. The topological polar surface area (TPSA) is 150 Å².